The van der Waals surface area contributed by atoms with Gasteiger partial charge in [0, 0.05) is 18.7 Å². The number of carbonyl (C=O) groups is 2. The Morgan fingerprint density at radius 2 is 1.50 bits per heavy atom. The van der Waals surface area contributed by atoms with Crippen LogP contribution in [0.3, 0.4) is 0 Å². The molecule has 1 aliphatic rings. The van der Waals surface area contributed by atoms with E-state index in [1.165, 1.54) is 16.7 Å². The molecule has 0 fully saturated rings. The van der Waals surface area contributed by atoms with Gasteiger partial charge in [-0.05, 0) is 60.2 Å². The molecule has 4 N–H and O–H groups in total. The molecular formula is C28H25F6N3O5. The Hall–Kier alpha value is -4.59. The van der Waals surface area contributed by atoms with Crippen LogP contribution in [0.2, 0.25) is 0 Å². The highest BCUT2D eigenvalue weighted by Crippen LogP contribution is 2.28. The number of hydrogen-bond acceptors (Lipinski definition) is 5. The third-order valence-electron chi connectivity index (χ3n) is 5.99. The summed E-state index contributed by atoms with van der Waals surface area (Å²) in [6.45, 7) is 2.97. The zero-order valence-corrected chi connectivity index (χ0v) is 21.9. The molecule has 0 amide bonds. The van der Waals surface area contributed by atoms with Crippen molar-refractivity contribution >= 4 is 23.0 Å². The Labute approximate surface area is 235 Å². The smallest absolute Gasteiger partial charge is 0.475 e. The molecule has 3 aromatic carbocycles. The fourth-order valence-corrected chi connectivity index (χ4v) is 4.01. The topological polar surface area (TPSA) is 125 Å². The number of carboxylic acids is 2. The van der Waals surface area contributed by atoms with E-state index in [9.17, 15) is 26.3 Å². The van der Waals surface area contributed by atoms with Gasteiger partial charge in [0.1, 0.15) is 11.5 Å². The van der Waals surface area contributed by atoms with Gasteiger partial charge in [-0.15, -0.1) is 0 Å². The fourth-order valence-electron chi connectivity index (χ4n) is 4.01. The third kappa shape index (κ3) is 9.23. The van der Waals surface area contributed by atoms with Crippen molar-refractivity contribution < 1.29 is 50.9 Å². The second kappa shape index (κ2) is 13.4. The largest absolute Gasteiger partial charge is 0.490 e. The summed E-state index contributed by atoms with van der Waals surface area (Å²) < 4.78 is 69.6. The molecule has 8 nitrogen and oxygen atoms in total. The maximum atomic E-state index is 10.6. The Balaban J connectivity index is 0.000000289. The van der Waals surface area contributed by atoms with E-state index in [0.29, 0.717) is 6.04 Å². The number of aliphatic carboxylic acids is 2. The minimum absolute atomic E-state index is 0.523. The van der Waals surface area contributed by atoms with Crippen LogP contribution in [0.5, 0.6) is 11.5 Å². The number of imidazole rings is 1. The molecule has 0 saturated carbocycles. The van der Waals surface area contributed by atoms with Crippen LogP contribution in [0.15, 0.2) is 67.0 Å². The minimum atomic E-state index is -5.08. The maximum Gasteiger partial charge on any atom is 0.490 e. The van der Waals surface area contributed by atoms with E-state index in [4.69, 9.17) is 24.5 Å². The van der Waals surface area contributed by atoms with Crippen molar-refractivity contribution in [3.63, 3.8) is 0 Å². The van der Waals surface area contributed by atoms with Crippen molar-refractivity contribution in [2.45, 2.75) is 44.7 Å². The molecular weight excluding hydrogens is 572 g/mol. The number of nitrogens with one attached hydrogen (secondary N) is 2. The molecule has 0 aliphatic heterocycles. The summed E-state index contributed by atoms with van der Waals surface area (Å²) in [6.07, 6.45) is -6.23. The van der Waals surface area contributed by atoms with Gasteiger partial charge in [0.2, 0.25) is 0 Å². The van der Waals surface area contributed by atoms with Gasteiger partial charge >= 0.3 is 24.3 Å². The van der Waals surface area contributed by atoms with Crippen molar-refractivity contribution in [1.82, 2.24) is 15.3 Å². The molecule has 14 heteroatoms. The lowest BCUT2D eigenvalue weighted by Gasteiger charge is -2.14. The van der Waals surface area contributed by atoms with Crippen LogP contribution in [0.4, 0.5) is 26.3 Å². The first-order valence-electron chi connectivity index (χ1n) is 12.2. The number of aryl methyl sites for hydroxylation is 1. The zero-order valence-electron chi connectivity index (χ0n) is 21.9. The number of benzene rings is 3. The van der Waals surface area contributed by atoms with Crippen molar-refractivity contribution in [2.24, 2.45) is 0 Å². The maximum absolute atomic E-state index is 10.6. The van der Waals surface area contributed by atoms with E-state index >= 15 is 0 Å². The van der Waals surface area contributed by atoms with Gasteiger partial charge in [-0.25, -0.2) is 14.6 Å². The van der Waals surface area contributed by atoms with Gasteiger partial charge in [0.05, 0.1) is 17.4 Å². The molecule has 0 spiro atoms. The number of fused-ring (bicyclic) bond motifs is 2. The normalized spacial score (nSPS) is 12.9. The minimum Gasteiger partial charge on any atom is -0.475 e. The Morgan fingerprint density at radius 3 is 2.02 bits per heavy atom. The highest BCUT2D eigenvalue weighted by molar-refractivity contribution is 5.76. The molecule has 4 aromatic rings. The number of carboxylic acid groups (broad SMARTS) is 2. The molecule has 5 rings (SSSR count). The first-order valence-corrected chi connectivity index (χ1v) is 12.2. The van der Waals surface area contributed by atoms with E-state index in [-0.39, 0.29) is 0 Å². The number of rotatable bonds is 5. The third-order valence-corrected chi connectivity index (χ3v) is 5.99. The Bertz CT molecular complexity index is 1490. The summed E-state index contributed by atoms with van der Waals surface area (Å²) in [7, 11) is 0. The highest BCUT2D eigenvalue weighted by Gasteiger charge is 2.38. The second-order valence-corrected chi connectivity index (χ2v) is 9.14. The van der Waals surface area contributed by atoms with Crippen LogP contribution in [0.25, 0.3) is 11.0 Å². The summed E-state index contributed by atoms with van der Waals surface area (Å²) >= 11 is 0. The molecule has 0 bridgehead atoms. The monoisotopic (exact) mass is 597 g/mol. The zero-order chi connectivity index (χ0) is 31.1. The molecule has 0 saturated heterocycles. The van der Waals surface area contributed by atoms with E-state index in [2.05, 4.69) is 64.7 Å². The Kier molecular flexibility index (Phi) is 10.2. The standard InChI is InChI=1S/C24H23N3O.2C2HF3O2/c1-16-10-17(14-25-20-11-18-4-2-3-5-19(18)12-20)6-9-24(16)28-21-7-8-22-23(13-21)27-15-26-22;2*3-2(4,5)1(6)7/h2-10,13,15,20,25H,11-12,14H2,1H3,(H,26,27);2*(H,6,7). The van der Waals surface area contributed by atoms with E-state index < -0.39 is 24.3 Å². The van der Waals surface area contributed by atoms with Gasteiger partial charge in [-0.3, -0.25) is 0 Å². The summed E-state index contributed by atoms with van der Waals surface area (Å²) in [5.41, 5.74) is 7.31. The van der Waals surface area contributed by atoms with E-state index in [1.807, 2.05) is 18.2 Å². The van der Waals surface area contributed by atoms with Crippen molar-refractivity contribution in [2.75, 3.05) is 0 Å². The summed E-state index contributed by atoms with van der Waals surface area (Å²) in [5.74, 6) is -3.81. The molecule has 1 heterocycles. The summed E-state index contributed by atoms with van der Waals surface area (Å²) in [6, 6.07) is 21.6. The van der Waals surface area contributed by atoms with Crippen LogP contribution >= 0.6 is 0 Å². The first-order chi connectivity index (χ1) is 19.6. The summed E-state index contributed by atoms with van der Waals surface area (Å²) in [5, 5.41) is 18.0. The Morgan fingerprint density at radius 1 is 0.929 bits per heavy atom. The average Bonchev–Trinajstić information content (AvgIpc) is 3.55. The van der Waals surface area contributed by atoms with Gasteiger partial charge in [0.25, 0.3) is 0 Å². The number of aromatic amines is 1. The number of aromatic nitrogens is 2. The average molecular weight is 598 g/mol. The molecule has 42 heavy (non-hydrogen) atoms. The van der Waals surface area contributed by atoms with Gasteiger partial charge < -0.3 is 25.3 Å². The van der Waals surface area contributed by atoms with Gasteiger partial charge in [-0.2, -0.15) is 26.3 Å². The predicted octanol–water partition coefficient (Wildman–Crippen LogP) is 6.19. The number of hydrogen-bond donors (Lipinski definition) is 4. The van der Waals surface area contributed by atoms with Crippen molar-refractivity contribution in [3.05, 3.63) is 89.2 Å². The SMILES string of the molecule is Cc1cc(CNC2Cc3ccccc3C2)ccc1Oc1ccc2nc[nH]c2c1.O=C(O)C(F)(F)F.O=C(O)C(F)(F)F. The first kappa shape index (κ1) is 31.9. The number of alkyl halides is 6. The van der Waals surface area contributed by atoms with Gasteiger partial charge in [0.15, 0.2) is 0 Å². The quantitative estimate of drug-likeness (QED) is 0.202. The van der Waals surface area contributed by atoms with E-state index in [1.54, 1.807) is 6.33 Å². The number of H-pyrrole nitrogens is 1. The molecule has 0 radical (unpaired) electrons. The molecule has 0 atom stereocenters. The van der Waals surface area contributed by atoms with Crippen molar-refractivity contribution in [1.29, 1.82) is 0 Å². The number of nitrogens with zero attached hydrogens (tertiary/aromatic N) is 1. The van der Waals surface area contributed by atoms with Crippen LogP contribution in [0, 0.1) is 6.92 Å². The molecule has 1 aromatic heterocycles. The molecule has 224 valence electrons. The van der Waals surface area contributed by atoms with E-state index in [0.717, 1.165) is 47.5 Å². The number of halogens is 6. The second-order valence-electron chi connectivity index (χ2n) is 9.14. The van der Waals surface area contributed by atoms with Crippen LogP contribution in [-0.2, 0) is 29.0 Å². The van der Waals surface area contributed by atoms with Crippen LogP contribution in [0.1, 0.15) is 22.3 Å². The number of ether oxygens (including phenoxy) is 1. The molecule has 0 unspecified atom stereocenters. The molecule has 1 aliphatic carbocycles. The lowest BCUT2D eigenvalue weighted by Crippen LogP contribution is -2.28. The van der Waals surface area contributed by atoms with Crippen LogP contribution < -0.4 is 10.1 Å². The summed E-state index contributed by atoms with van der Waals surface area (Å²) in [4.78, 5) is 25.2. The van der Waals surface area contributed by atoms with Gasteiger partial charge in [-0.1, -0.05) is 36.4 Å². The van der Waals surface area contributed by atoms with Crippen LogP contribution in [-0.4, -0.2) is 50.5 Å². The predicted molar refractivity (Wildman–Crippen MR) is 139 cm³/mol. The lowest BCUT2D eigenvalue weighted by molar-refractivity contribution is -0.193. The fraction of sp³-hybridized carbons (Fsp3) is 0.250. The van der Waals surface area contributed by atoms with Crippen molar-refractivity contribution in [3.8, 4) is 11.5 Å². The lowest BCUT2D eigenvalue weighted by atomic mass is 10.1. The highest BCUT2D eigenvalue weighted by atomic mass is 19.4.